The average Bonchev–Trinajstić information content (AvgIpc) is 2.70. The maximum absolute atomic E-state index is 12.8. The molecule has 2 atom stereocenters. The predicted molar refractivity (Wildman–Crippen MR) is 110 cm³/mol. The van der Waals surface area contributed by atoms with E-state index in [0.717, 1.165) is 65.0 Å². The van der Waals surface area contributed by atoms with Gasteiger partial charge >= 0.3 is 0 Å². The highest BCUT2D eigenvalue weighted by Crippen LogP contribution is 2.44. The Bertz CT molecular complexity index is 1010. The van der Waals surface area contributed by atoms with Crippen LogP contribution in [-0.2, 0) is 11.0 Å². The van der Waals surface area contributed by atoms with Gasteiger partial charge in [0.1, 0.15) is 0 Å². The van der Waals surface area contributed by atoms with E-state index >= 15 is 0 Å². The van der Waals surface area contributed by atoms with E-state index in [9.17, 15) is 9.32 Å². The normalized spacial score (nSPS) is 26.0. The molecule has 1 aliphatic carbocycles. The number of nitrogens with one attached hydrogen (secondary N) is 1. The van der Waals surface area contributed by atoms with Gasteiger partial charge < -0.3 is 5.11 Å². The quantitative estimate of drug-likeness (QED) is 0.767. The highest BCUT2D eigenvalue weighted by atomic mass is 35.5. The van der Waals surface area contributed by atoms with E-state index in [2.05, 4.69) is 26.8 Å². The van der Waals surface area contributed by atoms with Crippen molar-refractivity contribution in [2.75, 3.05) is 17.8 Å². The first-order chi connectivity index (χ1) is 13.1. The molecule has 0 spiro atoms. The minimum atomic E-state index is -1.31. The molecule has 3 heterocycles. The molecule has 2 unspecified atom stereocenters. The fourth-order valence-electron chi connectivity index (χ4n) is 4.22. The maximum atomic E-state index is 12.8. The second-order valence-corrected chi connectivity index (χ2v) is 8.86. The van der Waals surface area contributed by atoms with E-state index in [4.69, 9.17) is 11.6 Å². The maximum Gasteiger partial charge on any atom is 0.150 e. The molecule has 5 nitrogen and oxygen atoms in total. The van der Waals surface area contributed by atoms with Gasteiger partial charge in [-0.2, -0.15) is 0 Å². The lowest BCUT2D eigenvalue weighted by Gasteiger charge is -2.37. The summed E-state index contributed by atoms with van der Waals surface area (Å²) in [6, 6.07) is 5.98. The van der Waals surface area contributed by atoms with Gasteiger partial charge in [0, 0.05) is 36.3 Å². The van der Waals surface area contributed by atoms with Crippen LogP contribution in [0.5, 0.6) is 0 Å². The summed E-state index contributed by atoms with van der Waals surface area (Å²) >= 11 is 6.53. The zero-order valence-corrected chi connectivity index (χ0v) is 16.3. The number of benzene rings is 1. The number of allylic oxidation sites excluding steroid dienone is 1. The molecule has 2 N–H and O–H groups in total. The average molecular weight is 402 g/mol. The van der Waals surface area contributed by atoms with Crippen LogP contribution in [0.25, 0.3) is 16.5 Å². The van der Waals surface area contributed by atoms with Crippen LogP contribution in [0.15, 0.2) is 41.5 Å². The van der Waals surface area contributed by atoms with E-state index < -0.39 is 11.0 Å². The molecule has 2 aliphatic heterocycles. The Balaban J connectivity index is 1.61. The van der Waals surface area contributed by atoms with E-state index in [-0.39, 0.29) is 12.1 Å². The van der Waals surface area contributed by atoms with Gasteiger partial charge in [-0.15, -0.1) is 0 Å². The molecule has 140 valence electrons. The summed E-state index contributed by atoms with van der Waals surface area (Å²) < 4.78 is 16.0. The molecule has 1 aromatic carbocycles. The molecular weight excluding hydrogens is 382 g/mol. The fraction of sp³-hybridized carbons (Fsp3) is 0.350. The number of pyridine rings is 1. The largest absolute Gasteiger partial charge is 0.393 e. The second kappa shape index (κ2) is 6.71. The van der Waals surface area contributed by atoms with Gasteiger partial charge in [0.05, 0.1) is 27.2 Å². The van der Waals surface area contributed by atoms with Crippen molar-refractivity contribution in [3.63, 3.8) is 0 Å². The zero-order chi connectivity index (χ0) is 18.5. The molecular formula is C20H20ClN3O2S. The first kappa shape index (κ1) is 17.4. The Morgan fingerprint density at radius 1 is 1.33 bits per heavy atom. The number of rotatable bonds is 1. The van der Waals surface area contributed by atoms with E-state index in [1.165, 1.54) is 0 Å². The van der Waals surface area contributed by atoms with Crippen LogP contribution in [0.3, 0.4) is 0 Å². The highest BCUT2D eigenvalue weighted by Gasteiger charge is 2.32. The first-order valence-electron chi connectivity index (χ1n) is 9.22. The smallest absolute Gasteiger partial charge is 0.150 e. The number of aromatic nitrogens is 1. The molecule has 0 saturated carbocycles. The van der Waals surface area contributed by atoms with Gasteiger partial charge in [-0.1, -0.05) is 23.8 Å². The van der Waals surface area contributed by atoms with Crippen molar-refractivity contribution < 1.29 is 9.32 Å². The number of hydrogen-bond donors (Lipinski definition) is 2. The van der Waals surface area contributed by atoms with Gasteiger partial charge in [-0.05, 0) is 43.0 Å². The molecule has 2 aromatic rings. The topological polar surface area (TPSA) is 65.5 Å². The number of hydrogen-bond acceptors (Lipinski definition) is 4. The molecule has 7 heteroatoms. The molecule has 1 saturated heterocycles. The minimum Gasteiger partial charge on any atom is -0.393 e. The van der Waals surface area contributed by atoms with Crippen LogP contribution in [0.2, 0.25) is 5.02 Å². The number of fused-ring (bicyclic) bond motifs is 5. The molecule has 3 aliphatic rings. The van der Waals surface area contributed by atoms with Gasteiger partial charge in [-0.3, -0.25) is 14.6 Å². The number of aliphatic hydroxyl groups excluding tert-OH is 1. The molecule has 27 heavy (non-hydrogen) atoms. The van der Waals surface area contributed by atoms with Gasteiger partial charge in [0.15, 0.2) is 11.0 Å². The molecule has 0 radical (unpaired) electrons. The van der Waals surface area contributed by atoms with Crippen molar-refractivity contribution in [1.82, 2.24) is 9.88 Å². The van der Waals surface area contributed by atoms with E-state index in [0.29, 0.717) is 5.02 Å². The lowest BCUT2D eigenvalue weighted by molar-refractivity contribution is 0.0708. The Hall–Kier alpha value is -1.73. The molecule has 1 fully saturated rings. The summed E-state index contributed by atoms with van der Waals surface area (Å²) in [6.07, 6.45) is 8.28. The number of nitrogens with zero attached hydrogens (tertiary/aromatic N) is 2. The monoisotopic (exact) mass is 401 g/mol. The SMILES string of the molecule is O=S1Nc2c(cc(Cl)c3cccnc23)C2=CC(N3CCC(O)CC3)CC=C21. The van der Waals surface area contributed by atoms with Crippen molar-refractivity contribution in [3.8, 4) is 0 Å². The van der Waals surface area contributed by atoms with Crippen molar-refractivity contribution in [3.05, 3.63) is 52.0 Å². The summed E-state index contributed by atoms with van der Waals surface area (Å²) in [7, 11) is -1.31. The van der Waals surface area contributed by atoms with Crippen LogP contribution >= 0.6 is 11.6 Å². The molecule has 0 bridgehead atoms. The Morgan fingerprint density at radius 3 is 2.96 bits per heavy atom. The number of piperidine rings is 1. The van der Waals surface area contributed by atoms with Gasteiger partial charge in [0.25, 0.3) is 0 Å². The van der Waals surface area contributed by atoms with Gasteiger partial charge in [0.2, 0.25) is 0 Å². The third kappa shape index (κ3) is 2.91. The predicted octanol–water partition coefficient (Wildman–Crippen LogP) is 3.47. The Morgan fingerprint density at radius 2 is 2.15 bits per heavy atom. The van der Waals surface area contributed by atoms with Gasteiger partial charge in [-0.25, -0.2) is 4.21 Å². The van der Waals surface area contributed by atoms with E-state index in [1.54, 1.807) is 6.20 Å². The number of halogens is 1. The molecule has 0 amide bonds. The summed E-state index contributed by atoms with van der Waals surface area (Å²) in [5.41, 5.74) is 3.47. The van der Waals surface area contributed by atoms with Crippen molar-refractivity contribution in [1.29, 1.82) is 0 Å². The molecule has 5 rings (SSSR count). The van der Waals surface area contributed by atoms with Crippen LogP contribution < -0.4 is 4.72 Å². The summed E-state index contributed by atoms with van der Waals surface area (Å²) in [5.74, 6) is 0. The minimum absolute atomic E-state index is 0.188. The fourth-order valence-corrected chi connectivity index (χ4v) is 5.60. The van der Waals surface area contributed by atoms with Crippen LogP contribution in [-0.4, -0.2) is 44.4 Å². The highest BCUT2D eigenvalue weighted by molar-refractivity contribution is 7.91. The lowest BCUT2D eigenvalue weighted by Crippen LogP contribution is -2.42. The Labute approximate surface area is 165 Å². The summed E-state index contributed by atoms with van der Waals surface area (Å²) in [4.78, 5) is 7.70. The molecule has 1 aromatic heterocycles. The van der Waals surface area contributed by atoms with Crippen molar-refractivity contribution >= 4 is 44.7 Å². The van der Waals surface area contributed by atoms with Crippen LogP contribution in [0, 0.1) is 0 Å². The summed E-state index contributed by atoms with van der Waals surface area (Å²) in [6.45, 7) is 1.76. The third-order valence-electron chi connectivity index (χ3n) is 5.66. The summed E-state index contributed by atoms with van der Waals surface area (Å²) in [5, 5.41) is 11.3. The first-order valence-corrected chi connectivity index (χ1v) is 10.7. The van der Waals surface area contributed by atoms with E-state index in [1.807, 2.05) is 18.2 Å². The standard InChI is InChI=1S/C20H20ClN3O2S/c21-17-11-16-15-10-12(24-8-5-13(25)6-9-24)3-4-18(15)27(26)23-20(16)19-14(17)2-1-7-22-19/h1-2,4,7,10-13,23,25H,3,5-6,8-9H2. The Kier molecular flexibility index (Phi) is 4.31. The number of aliphatic hydroxyl groups is 1. The third-order valence-corrected chi connectivity index (χ3v) is 7.15. The van der Waals surface area contributed by atoms with Crippen LogP contribution in [0.1, 0.15) is 24.8 Å². The number of anilines is 1. The second-order valence-electron chi connectivity index (χ2n) is 7.27. The van der Waals surface area contributed by atoms with Crippen molar-refractivity contribution in [2.24, 2.45) is 0 Å². The number of likely N-dealkylation sites (tertiary alicyclic amines) is 1. The van der Waals surface area contributed by atoms with Crippen molar-refractivity contribution in [2.45, 2.75) is 31.4 Å². The zero-order valence-electron chi connectivity index (χ0n) is 14.7. The van der Waals surface area contributed by atoms with Crippen LogP contribution in [0.4, 0.5) is 5.69 Å². The lowest BCUT2D eigenvalue weighted by atomic mass is 9.92.